The number of hydrogen-bond acceptors (Lipinski definition) is 1. The van der Waals surface area contributed by atoms with Gasteiger partial charge in [0, 0.05) is 5.25 Å². The van der Waals surface area contributed by atoms with E-state index in [1.807, 2.05) is 0 Å². The van der Waals surface area contributed by atoms with Gasteiger partial charge < -0.3 is 0 Å². The Kier molecular flexibility index (Phi) is 5.04. The average Bonchev–Trinajstić information content (AvgIpc) is 1.62. The lowest BCUT2D eigenvalue weighted by atomic mass is 10.4. The minimum atomic E-state index is -0.983. The summed E-state index contributed by atoms with van der Waals surface area (Å²) >= 11 is 10.1. The van der Waals surface area contributed by atoms with Crippen LogP contribution >= 0.6 is 42.4 Å². The molecule has 8 heavy (non-hydrogen) atoms. The van der Waals surface area contributed by atoms with Crippen LogP contribution in [-0.2, 0) is 14.1 Å². The summed E-state index contributed by atoms with van der Waals surface area (Å²) < 4.78 is -0.983. The van der Waals surface area contributed by atoms with E-state index in [1.54, 1.807) is 0 Å². The standard InChI is InChI=1S/C4H10I2S2/c1-3-4(2)8(5,6)7/h4,8H,3H2,1-2H3. The first-order chi connectivity index (χ1) is 3.48. The summed E-state index contributed by atoms with van der Waals surface area (Å²) in [6.07, 6.45) is 1.23. The molecule has 0 aromatic rings. The maximum atomic E-state index is 5.29. The molecule has 0 bridgehead atoms. The number of rotatable bonds is 2. The van der Waals surface area contributed by atoms with Crippen LogP contribution in [0, 0.1) is 0 Å². The topological polar surface area (TPSA) is 0 Å². The smallest absolute Gasteiger partial charge is 0.00434 e. The molecule has 0 aromatic carbocycles. The Morgan fingerprint density at radius 2 is 2.00 bits per heavy atom. The molecule has 0 radical (unpaired) electrons. The van der Waals surface area contributed by atoms with Crippen LogP contribution in [0.4, 0.5) is 0 Å². The van der Waals surface area contributed by atoms with E-state index in [2.05, 4.69) is 56.3 Å². The molecule has 0 aliphatic rings. The molecule has 0 spiro atoms. The van der Waals surface area contributed by atoms with E-state index in [4.69, 9.17) is 11.2 Å². The van der Waals surface area contributed by atoms with Crippen LogP contribution in [0.1, 0.15) is 20.3 Å². The zero-order valence-electron chi connectivity index (χ0n) is 4.90. The molecule has 0 saturated heterocycles. The predicted molar refractivity (Wildman–Crippen MR) is 63.9 cm³/mol. The highest BCUT2D eigenvalue weighted by Crippen LogP contribution is 2.31. The summed E-state index contributed by atoms with van der Waals surface area (Å²) in [5.41, 5.74) is 0. The summed E-state index contributed by atoms with van der Waals surface area (Å²) in [6.45, 7) is 4.43. The SMILES string of the molecule is CCC(C)[SH](=S)(I)I. The van der Waals surface area contributed by atoms with Crippen molar-refractivity contribution < 1.29 is 0 Å². The summed E-state index contributed by atoms with van der Waals surface area (Å²) in [6, 6.07) is 0. The zero-order chi connectivity index (χ0) is 6.78. The van der Waals surface area contributed by atoms with Crippen molar-refractivity contribution in [2.24, 2.45) is 0 Å². The lowest BCUT2D eigenvalue weighted by Gasteiger charge is -2.17. The van der Waals surface area contributed by atoms with Gasteiger partial charge in [0.1, 0.15) is 0 Å². The van der Waals surface area contributed by atoms with E-state index in [9.17, 15) is 0 Å². The summed E-state index contributed by atoms with van der Waals surface area (Å²) in [4.78, 5) is 0. The summed E-state index contributed by atoms with van der Waals surface area (Å²) in [5.74, 6) is 0. The van der Waals surface area contributed by atoms with Crippen LogP contribution in [0.3, 0.4) is 0 Å². The van der Waals surface area contributed by atoms with Crippen molar-refractivity contribution in [3.8, 4) is 0 Å². The van der Waals surface area contributed by atoms with Gasteiger partial charge in [0.15, 0.2) is 0 Å². The second-order valence-corrected chi connectivity index (χ2v) is 24.0. The molecule has 0 fully saturated rings. The Bertz CT molecular complexity index is 107. The molecule has 0 aliphatic carbocycles. The Hall–Kier alpha value is 2.03. The molecule has 0 N–H and O–H groups in total. The molecule has 0 heterocycles. The largest absolute Gasteiger partial charge is 0.109 e. The van der Waals surface area contributed by atoms with Gasteiger partial charge >= 0.3 is 0 Å². The molecule has 0 rings (SSSR count). The molecule has 52 valence electrons. The Morgan fingerprint density at radius 3 is 2.00 bits per heavy atom. The van der Waals surface area contributed by atoms with Crippen molar-refractivity contribution in [1.29, 1.82) is 0 Å². The van der Waals surface area contributed by atoms with E-state index in [0.29, 0.717) is 0 Å². The number of thiol groups is 1. The normalized spacial score (nSPS) is 18.0. The molecule has 0 aromatic heterocycles. The van der Waals surface area contributed by atoms with Crippen LogP contribution < -0.4 is 0 Å². The van der Waals surface area contributed by atoms with Crippen molar-refractivity contribution in [2.75, 3.05) is 0 Å². The predicted octanol–water partition coefficient (Wildman–Crippen LogP) is 2.83. The van der Waals surface area contributed by atoms with Gasteiger partial charge in [0.2, 0.25) is 0 Å². The Labute approximate surface area is 80.9 Å². The van der Waals surface area contributed by atoms with E-state index < -0.39 is 2.93 Å². The molecule has 1 atom stereocenters. The van der Waals surface area contributed by atoms with Crippen molar-refractivity contribution >= 4 is 56.5 Å². The van der Waals surface area contributed by atoms with E-state index in [1.165, 1.54) is 6.42 Å². The highest BCUT2D eigenvalue weighted by molar-refractivity contribution is 14.3. The fraction of sp³-hybridized carbons (Fsp3) is 1.00. The number of hydrogen-bond donors (Lipinski definition) is 1. The molecule has 0 amide bonds. The monoisotopic (exact) mass is 376 g/mol. The average molecular weight is 376 g/mol. The van der Waals surface area contributed by atoms with Crippen LogP contribution in [0.25, 0.3) is 0 Å². The van der Waals surface area contributed by atoms with Crippen molar-refractivity contribution in [3.63, 3.8) is 0 Å². The second-order valence-electron chi connectivity index (χ2n) is 1.76. The summed E-state index contributed by atoms with van der Waals surface area (Å²) in [5, 5.41) is 0.749. The fourth-order valence-corrected chi connectivity index (χ4v) is 3.45. The zero-order valence-corrected chi connectivity index (χ0v) is 10.9. The van der Waals surface area contributed by atoms with Crippen LogP contribution in [0.5, 0.6) is 0 Å². The minimum absolute atomic E-state index is 0.749. The molecule has 0 saturated carbocycles. The minimum Gasteiger partial charge on any atom is -0.109 e. The van der Waals surface area contributed by atoms with E-state index >= 15 is 0 Å². The molecular formula is C4H10I2S2. The van der Waals surface area contributed by atoms with Crippen LogP contribution in [0.2, 0.25) is 0 Å². The van der Waals surface area contributed by atoms with Crippen molar-refractivity contribution in [1.82, 2.24) is 0 Å². The van der Waals surface area contributed by atoms with Gasteiger partial charge in [0.25, 0.3) is 0 Å². The summed E-state index contributed by atoms with van der Waals surface area (Å²) in [7, 11) is 0. The van der Waals surface area contributed by atoms with Crippen LogP contribution in [-0.4, -0.2) is 5.25 Å². The molecule has 0 nitrogen and oxygen atoms in total. The number of halogens is 2. The fourth-order valence-electron chi connectivity index (χ4n) is 0.213. The molecular weight excluding hydrogens is 366 g/mol. The second kappa shape index (κ2) is 4.02. The molecule has 4 heteroatoms. The maximum absolute atomic E-state index is 5.29. The van der Waals surface area contributed by atoms with Gasteiger partial charge in [-0.05, 0) is 48.8 Å². The third-order valence-corrected chi connectivity index (χ3v) is 9.28. The first kappa shape index (κ1) is 10.0. The molecule has 0 aliphatic heterocycles. The van der Waals surface area contributed by atoms with Crippen molar-refractivity contribution in [2.45, 2.75) is 25.5 Å². The van der Waals surface area contributed by atoms with Crippen molar-refractivity contribution in [3.05, 3.63) is 0 Å². The maximum Gasteiger partial charge on any atom is 0.00434 e. The Morgan fingerprint density at radius 1 is 1.62 bits per heavy atom. The third-order valence-electron chi connectivity index (χ3n) is 1.10. The van der Waals surface area contributed by atoms with E-state index in [-0.39, 0.29) is 0 Å². The highest BCUT2D eigenvalue weighted by Gasteiger charge is 2.08. The first-order valence-corrected chi connectivity index (χ1v) is 10.9. The quantitative estimate of drug-likeness (QED) is 0.440. The molecule has 1 unspecified atom stereocenters. The Balaban J connectivity index is 3.82. The third kappa shape index (κ3) is 3.94. The van der Waals surface area contributed by atoms with Crippen LogP contribution in [0.15, 0.2) is 0 Å². The lowest BCUT2D eigenvalue weighted by Crippen LogP contribution is -2.08. The van der Waals surface area contributed by atoms with Gasteiger partial charge in [-0.1, -0.05) is 25.0 Å². The van der Waals surface area contributed by atoms with Gasteiger partial charge in [-0.25, -0.2) is 0 Å². The van der Waals surface area contributed by atoms with Gasteiger partial charge in [-0.2, -0.15) is 0 Å². The highest BCUT2D eigenvalue weighted by atomic mass is 127. The lowest BCUT2D eigenvalue weighted by molar-refractivity contribution is 0.910. The van der Waals surface area contributed by atoms with Gasteiger partial charge in [-0.3, -0.25) is 0 Å². The first-order valence-electron chi connectivity index (χ1n) is 2.47. The van der Waals surface area contributed by atoms with Gasteiger partial charge in [-0.15, -0.1) is 2.93 Å². The van der Waals surface area contributed by atoms with E-state index in [0.717, 1.165) is 5.25 Å². The van der Waals surface area contributed by atoms with Gasteiger partial charge in [0.05, 0.1) is 0 Å².